The summed E-state index contributed by atoms with van der Waals surface area (Å²) in [6.45, 7) is 2.02. The van der Waals surface area contributed by atoms with Crippen LogP contribution in [-0.4, -0.2) is 27.7 Å². The van der Waals surface area contributed by atoms with Gasteiger partial charge in [0.1, 0.15) is 17.5 Å². The van der Waals surface area contributed by atoms with E-state index >= 15 is 0 Å². The van der Waals surface area contributed by atoms with Crippen molar-refractivity contribution in [3.05, 3.63) is 138 Å². The van der Waals surface area contributed by atoms with Crippen molar-refractivity contribution in [1.29, 1.82) is 0 Å². The highest BCUT2D eigenvalue weighted by molar-refractivity contribution is 7.80. The lowest BCUT2D eigenvalue weighted by Crippen LogP contribution is -2.30. The minimum Gasteiger partial charge on any atom is -0.465 e. The number of carbonyl (C=O) groups is 1. The fourth-order valence-corrected chi connectivity index (χ4v) is 5.52. The number of nitrogens with one attached hydrogen (secondary N) is 1. The number of rotatable bonds is 7. The van der Waals surface area contributed by atoms with Gasteiger partial charge in [0, 0.05) is 29.5 Å². The van der Waals surface area contributed by atoms with E-state index in [1.54, 1.807) is 12.3 Å². The molecule has 0 bridgehead atoms. The molecule has 0 radical (unpaired) electrons. The number of hydrogen-bond donors (Lipinski definition) is 1. The predicted molar refractivity (Wildman–Crippen MR) is 163 cm³/mol. The first kappa shape index (κ1) is 26.3. The van der Waals surface area contributed by atoms with Crippen molar-refractivity contribution in [3.63, 3.8) is 0 Å². The van der Waals surface area contributed by atoms with E-state index < -0.39 is 0 Å². The largest absolute Gasteiger partial charge is 0.465 e. The summed E-state index contributed by atoms with van der Waals surface area (Å²) in [5, 5.41) is 4.10. The van der Waals surface area contributed by atoms with Gasteiger partial charge in [-0.05, 0) is 97.5 Å². The van der Waals surface area contributed by atoms with Crippen molar-refractivity contribution in [2.24, 2.45) is 0 Å². The number of aromatic nitrogens is 2. The zero-order valence-electron chi connectivity index (χ0n) is 22.6. The number of thiocarbonyl (C=S) groups is 1. The fourth-order valence-electron chi connectivity index (χ4n) is 5.18. The lowest BCUT2D eigenvalue weighted by atomic mass is 10.0. The molecule has 7 nitrogen and oxygen atoms in total. The monoisotopic (exact) mass is 560 g/mol. The molecule has 2 aromatic heterocycles. The van der Waals surface area contributed by atoms with Crippen LogP contribution in [0.4, 0.5) is 5.69 Å². The van der Waals surface area contributed by atoms with Crippen LogP contribution in [0.2, 0.25) is 0 Å². The molecule has 0 saturated carbocycles. The quantitative estimate of drug-likeness (QED) is 0.171. The zero-order chi connectivity index (χ0) is 28.3. The number of pyridine rings is 1. The maximum atomic E-state index is 12.3. The highest BCUT2D eigenvalue weighted by Crippen LogP contribution is 2.42. The number of anilines is 1. The van der Waals surface area contributed by atoms with Crippen LogP contribution in [0.15, 0.2) is 116 Å². The van der Waals surface area contributed by atoms with Crippen molar-refractivity contribution in [1.82, 2.24) is 14.9 Å². The van der Waals surface area contributed by atoms with E-state index in [2.05, 4.69) is 25.8 Å². The predicted octanol–water partition coefficient (Wildman–Crippen LogP) is 6.94. The fraction of sp³-hybridized carbons (Fsp3) is 0.121. The normalized spacial score (nSPS) is 16.3. The van der Waals surface area contributed by atoms with Gasteiger partial charge in [0.2, 0.25) is 0 Å². The van der Waals surface area contributed by atoms with E-state index in [0.717, 1.165) is 39.8 Å². The second-order valence-electron chi connectivity index (χ2n) is 9.70. The molecule has 1 aliphatic rings. The molecule has 0 unspecified atom stereocenters. The molecule has 2 atom stereocenters. The highest BCUT2D eigenvalue weighted by Gasteiger charge is 2.42. The maximum absolute atomic E-state index is 12.3. The summed E-state index contributed by atoms with van der Waals surface area (Å²) >= 11 is 5.92. The van der Waals surface area contributed by atoms with Crippen molar-refractivity contribution in [3.8, 4) is 17.2 Å². The molecule has 1 fully saturated rings. The molecule has 3 aromatic carbocycles. The Morgan fingerprint density at radius 3 is 2.46 bits per heavy atom. The molecule has 0 amide bonds. The number of para-hydroxylation sites is 1. The molecule has 1 aliphatic heterocycles. The molecule has 41 heavy (non-hydrogen) atoms. The van der Waals surface area contributed by atoms with Gasteiger partial charge >= 0.3 is 5.97 Å². The molecule has 1 N–H and O–H groups in total. The topological polar surface area (TPSA) is 68.6 Å². The number of carbonyl (C=O) groups excluding carboxylic acids is 1. The molecule has 5 aromatic rings. The Morgan fingerprint density at radius 2 is 1.71 bits per heavy atom. The molecular weight excluding hydrogens is 532 g/mol. The summed E-state index contributed by atoms with van der Waals surface area (Å²) in [5.74, 6) is 1.17. The standard InChI is InChI=1S/C33H28N4O3S/c1-22-9-3-4-14-29(22)40-26-17-15-24(16-18-26)37-31(30(35-33(37)41)27-12-5-6-19-34-27)28-13-8-20-36(28)25-11-7-10-23(21-25)32(38)39-2/h3-21,30-31H,1-2H3,(H,35,41)/t30-,31+/m0/s1. The summed E-state index contributed by atoms with van der Waals surface area (Å²) in [5.41, 5.74) is 5.16. The first-order chi connectivity index (χ1) is 20.0. The van der Waals surface area contributed by atoms with Gasteiger partial charge < -0.3 is 24.3 Å². The highest BCUT2D eigenvalue weighted by atomic mass is 32.1. The summed E-state index contributed by atoms with van der Waals surface area (Å²) < 4.78 is 13.2. The van der Waals surface area contributed by atoms with Crippen LogP contribution in [0.3, 0.4) is 0 Å². The Kier molecular flexibility index (Phi) is 7.22. The van der Waals surface area contributed by atoms with Gasteiger partial charge in [-0.1, -0.05) is 30.3 Å². The first-order valence-corrected chi connectivity index (χ1v) is 13.6. The maximum Gasteiger partial charge on any atom is 0.337 e. The summed E-state index contributed by atoms with van der Waals surface area (Å²) in [7, 11) is 1.38. The summed E-state index contributed by atoms with van der Waals surface area (Å²) in [6, 6.07) is 32.7. The van der Waals surface area contributed by atoms with Crippen LogP contribution in [0.25, 0.3) is 5.69 Å². The number of benzene rings is 3. The van der Waals surface area contributed by atoms with Crippen LogP contribution >= 0.6 is 12.2 Å². The van der Waals surface area contributed by atoms with Crippen LogP contribution in [0.5, 0.6) is 11.5 Å². The van der Waals surface area contributed by atoms with Crippen LogP contribution in [0, 0.1) is 6.92 Å². The molecule has 0 aliphatic carbocycles. The van der Waals surface area contributed by atoms with Gasteiger partial charge in [-0.3, -0.25) is 4.98 Å². The van der Waals surface area contributed by atoms with Gasteiger partial charge in [-0.15, -0.1) is 0 Å². The third-order valence-electron chi connectivity index (χ3n) is 7.16. The van der Waals surface area contributed by atoms with Crippen LogP contribution in [-0.2, 0) is 4.74 Å². The Bertz CT molecular complexity index is 1700. The summed E-state index contributed by atoms with van der Waals surface area (Å²) in [6.07, 6.45) is 3.77. The van der Waals surface area contributed by atoms with Gasteiger partial charge in [0.05, 0.1) is 24.4 Å². The van der Waals surface area contributed by atoms with Crippen molar-refractivity contribution in [2.45, 2.75) is 19.0 Å². The van der Waals surface area contributed by atoms with Crippen molar-refractivity contribution >= 4 is 29.0 Å². The average Bonchev–Trinajstić information content (AvgIpc) is 3.63. The smallest absolute Gasteiger partial charge is 0.337 e. The van der Waals surface area contributed by atoms with Gasteiger partial charge in [0.15, 0.2) is 5.11 Å². The molecule has 3 heterocycles. The van der Waals surface area contributed by atoms with Gasteiger partial charge in [-0.25, -0.2) is 4.79 Å². The lowest BCUT2D eigenvalue weighted by molar-refractivity contribution is 0.0600. The first-order valence-electron chi connectivity index (χ1n) is 13.2. The SMILES string of the molecule is COC(=O)c1cccc(-n2cccc2[C@@H]2[C@H](c3ccccn3)NC(=S)N2c2ccc(Oc3ccccc3C)cc2)c1. The second kappa shape index (κ2) is 11.3. The third kappa shape index (κ3) is 5.17. The van der Waals surface area contributed by atoms with E-state index in [9.17, 15) is 4.79 Å². The summed E-state index contributed by atoms with van der Waals surface area (Å²) in [4.78, 5) is 19.0. The second-order valence-corrected chi connectivity index (χ2v) is 10.1. The Hall–Kier alpha value is -4.95. The van der Waals surface area contributed by atoms with Crippen LogP contribution < -0.4 is 15.0 Å². The number of ether oxygens (including phenoxy) is 2. The van der Waals surface area contributed by atoms with Crippen LogP contribution in [0.1, 0.15) is 39.4 Å². The molecule has 0 spiro atoms. The van der Waals surface area contributed by atoms with E-state index in [-0.39, 0.29) is 18.1 Å². The number of esters is 1. The third-order valence-corrected chi connectivity index (χ3v) is 7.48. The molecule has 204 valence electrons. The molecule has 8 heteroatoms. The Labute approximate surface area is 244 Å². The Balaban J connectivity index is 1.40. The van der Waals surface area contributed by atoms with E-state index in [1.165, 1.54) is 7.11 Å². The number of nitrogens with zero attached hydrogens (tertiary/aromatic N) is 3. The van der Waals surface area contributed by atoms with Gasteiger partial charge in [0.25, 0.3) is 0 Å². The van der Waals surface area contributed by atoms with Crippen molar-refractivity contribution in [2.75, 3.05) is 12.0 Å². The molecular formula is C33H28N4O3S. The van der Waals surface area contributed by atoms with Crippen molar-refractivity contribution < 1.29 is 14.3 Å². The lowest BCUT2D eigenvalue weighted by Gasteiger charge is -2.29. The number of aryl methyl sites for hydroxylation is 1. The zero-order valence-corrected chi connectivity index (χ0v) is 23.4. The molecule has 6 rings (SSSR count). The number of methoxy groups -OCH3 is 1. The van der Waals surface area contributed by atoms with E-state index in [1.807, 2.05) is 104 Å². The van der Waals surface area contributed by atoms with E-state index in [4.69, 9.17) is 21.7 Å². The number of hydrogen-bond acceptors (Lipinski definition) is 5. The minimum atomic E-state index is -0.384. The van der Waals surface area contributed by atoms with Gasteiger partial charge in [-0.2, -0.15) is 0 Å². The molecule has 1 saturated heterocycles. The minimum absolute atomic E-state index is 0.218. The average molecular weight is 561 g/mol. The van der Waals surface area contributed by atoms with E-state index in [0.29, 0.717) is 10.7 Å². The Morgan fingerprint density at radius 1 is 0.902 bits per heavy atom.